The topological polar surface area (TPSA) is 96.0 Å². The third kappa shape index (κ3) is 8.16. The number of hydrogen-bond donors (Lipinski definition) is 1. The molecule has 1 aliphatic carbocycles. The Bertz CT molecular complexity index is 1270. The van der Waals surface area contributed by atoms with Crippen molar-refractivity contribution in [2.24, 2.45) is 0 Å². The Morgan fingerprint density at radius 1 is 1.05 bits per heavy atom. The summed E-state index contributed by atoms with van der Waals surface area (Å²) in [6, 6.07) is 8.59. The van der Waals surface area contributed by atoms with E-state index in [4.69, 9.17) is 39.5 Å². The molecule has 0 saturated heterocycles. The van der Waals surface area contributed by atoms with Crippen LogP contribution in [0.25, 0.3) is 0 Å². The van der Waals surface area contributed by atoms with Crippen LogP contribution >= 0.6 is 34.8 Å². The highest BCUT2D eigenvalue weighted by Gasteiger charge is 2.33. The van der Waals surface area contributed by atoms with Gasteiger partial charge >= 0.3 is 0 Å². The minimum absolute atomic E-state index is 0.0371. The lowest BCUT2D eigenvalue weighted by Gasteiger charge is -2.34. The second-order valence-corrected chi connectivity index (χ2v) is 12.7. The van der Waals surface area contributed by atoms with E-state index in [0.29, 0.717) is 27.8 Å². The second-order valence-electron chi connectivity index (χ2n) is 9.58. The van der Waals surface area contributed by atoms with E-state index in [1.807, 2.05) is 0 Å². The molecule has 0 bridgehead atoms. The molecule has 0 radical (unpaired) electrons. The zero-order chi connectivity index (χ0) is 28.7. The molecule has 214 valence electrons. The van der Waals surface area contributed by atoms with Crippen LogP contribution in [0.3, 0.4) is 0 Å². The largest absolute Gasteiger partial charge is 0.495 e. The number of nitrogens with zero attached hydrogens (tertiary/aromatic N) is 2. The number of carbonyl (C=O) groups excluding carboxylic acids is 2. The Kier molecular flexibility index (Phi) is 11.2. The fraction of sp³-hybridized carbons (Fsp3) is 0.481. The van der Waals surface area contributed by atoms with Gasteiger partial charge in [-0.25, -0.2) is 8.42 Å². The molecule has 39 heavy (non-hydrogen) atoms. The Labute approximate surface area is 245 Å². The van der Waals surface area contributed by atoms with Crippen molar-refractivity contribution in [3.05, 3.63) is 57.0 Å². The number of amides is 2. The molecule has 2 aromatic rings. The Morgan fingerprint density at radius 3 is 2.23 bits per heavy atom. The molecule has 2 aromatic carbocycles. The van der Waals surface area contributed by atoms with E-state index in [2.05, 4.69) is 5.32 Å². The number of hydrogen-bond acceptors (Lipinski definition) is 5. The van der Waals surface area contributed by atoms with Gasteiger partial charge in [-0.05, 0) is 49.6 Å². The van der Waals surface area contributed by atoms with Crippen molar-refractivity contribution in [3.63, 3.8) is 0 Å². The average molecular weight is 619 g/mol. The average Bonchev–Trinajstić information content (AvgIpc) is 2.88. The summed E-state index contributed by atoms with van der Waals surface area (Å²) in [6.07, 6.45) is 6.27. The number of carbonyl (C=O) groups is 2. The van der Waals surface area contributed by atoms with Gasteiger partial charge in [0.05, 0.1) is 24.1 Å². The standard InChI is InChI=1S/C27H34Cl3N3O5S/c1-4-24(27(35)31-18-9-6-5-7-10-18)32(16-20-21(28)11-8-12-22(20)29)26(34)17-33(39(3,36)37)19-13-14-25(38-2)23(30)15-19/h8,11-15,18,24H,4-7,9-10,16-17H2,1-3H3,(H,31,35)/t24-/m0/s1. The highest BCUT2D eigenvalue weighted by Crippen LogP contribution is 2.31. The summed E-state index contributed by atoms with van der Waals surface area (Å²) in [5.74, 6) is -0.520. The molecule has 12 heteroatoms. The molecule has 1 fully saturated rings. The Morgan fingerprint density at radius 2 is 1.69 bits per heavy atom. The molecule has 1 saturated carbocycles. The van der Waals surface area contributed by atoms with Crippen LogP contribution in [-0.2, 0) is 26.2 Å². The molecule has 3 rings (SSSR count). The monoisotopic (exact) mass is 617 g/mol. The lowest BCUT2D eigenvalue weighted by molar-refractivity contribution is -0.140. The van der Waals surface area contributed by atoms with Gasteiger partial charge in [-0.3, -0.25) is 13.9 Å². The minimum Gasteiger partial charge on any atom is -0.495 e. The van der Waals surface area contributed by atoms with Crippen LogP contribution in [0.15, 0.2) is 36.4 Å². The first-order valence-electron chi connectivity index (χ1n) is 12.8. The van der Waals surface area contributed by atoms with Gasteiger partial charge in [0.25, 0.3) is 0 Å². The maximum atomic E-state index is 13.9. The minimum atomic E-state index is -3.91. The molecule has 1 N–H and O–H groups in total. The molecule has 0 aliphatic heterocycles. The summed E-state index contributed by atoms with van der Waals surface area (Å²) in [5, 5.41) is 3.96. The number of anilines is 1. The summed E-state index contributed by atoms with van der Waals surface area (Å²) in [4.78, 5) is 28.7. The van der Waals surface area contributed by atoms with Gasteiger partial charge < -0.3 is 15.0 Å². The first-order valence-corrected chi connectivity index (χ1v) is 15.8. The predicted molar refractivity (Wildman–Crippen MR) is 156 cm³/mol. The molecule has 1 atom stereocenters. The SMILES string of the molecule is CC[C@@H](C(=O)NC1CCCCC1)N(Cc1c(Cl)cccc1Cl)C(=O)CN(c1ccc(OC)c(Cl)c1)S(C)(=O)=O. The number of benzene rings is 2. The van der Waals surface area contributed by atoms with E-state index in [-0.39, 0.29) is 29.2 Å². The molecular weight excluding hydrogens is 585 g/mol. The van der Waals surface area contributed by atoms with E-state index in [0.717, 1.165) is 42.7 Å². The highest BCUT2D eigenvalue weighted by molar-refractivity contribution is 7.92. The number of halogens is 3. The molecule has 2 amide bonds. The first-order chi connectivity index (χ1) is 18.5. The van der Waals surface area contributed by atoms with E-state index < -0.39 is 28.5 Å². The summed E-state index contributed by atoms with van der Waals surface area (Å²) >= 11 is 19.1. The molecule has 8 nitrogen and oxygen atoms in total. The lowest BCUT2D eigenvalue weighted by Crippen LogP contribution is -2.54. The van der Waals surface area contributed by atoms with Crippen molar-refractivity contribution in [1.29, 1.82) is 0 Å². The maximum Gasteiger partial charge on any atom is 0.244 e. The third-order valence-electron chi connectivity index (χ3n) is 6.83. The number of sulfonamides is 1. The van der Waals surface area contributed by atoms with E-state index in [9.17, 15) is 18.0 Å². The molecule has 0 heterocycles. The summed E-state index contributed by atoms with van der Waals surface area (Å²) in [7, 11) is -2.47. The summed E-state index contributed by atoms with van der Waals surface area (Å²) in [5.41, 5.74) is 0.656. The number of rotatable bonds is 11. The Hall–Kier alpha value is -2.20. The van der Waals surface area contributed by atoms with Crippen molar-refractivity contribution >= 4 is 62.3 Å². The van der Waals surface area contributed by atoms with Crippen molar-refractivity contribution in [2.45, 2.75) is 64.1 Å². The van der Waals surface area contributed by atoms with Crippen LogP contribution in [0.4, 0.5) is 5.69 Å². The van der Waals surface area contributed by atoms with Gasteiger partial charge in [0, 0.05) is 28.2 Å². The van der Waals surface area contributed by atoms with Crippen LogP contribution < -0.4 is 14.4 Å². The molecular formula is C27H34Cl3N3O5S. The van der Waals surface area contributed by atoms with Crippen molar-refractivity contribution in [2.75, 3.05) is 24.2 Å². The molecule has 1 aliphatic rings. The van der Waals surface area contributed by atoms with Crippen LogP contribution in [0.2, 0.25) is 15.1 Å². The fourth-order valence-electron chi connectivity index (χ4n) is 4.74. The molecule has 0 spiro atoms. The zero-order valence-corrected chi connectivity index (χ0v) is 25.3. The highest BCUT2D eigenvalue weighted by atomic mass is 35.5. The third-order valence-corrected chi connectivity index (χ3v) is 8.97. The van der Waals surface area contributed by atoms with Gasteiger partial charge in [0.1, 0.15) is 18.3 Å². The second kappa shape index (κ2) is 13.9. The fourth-order valence-corrected chi connectivity index (χ4v) is 6.35. The van der Waals surface area contributed by atoms with E-state index in [1.165, 1.54) is 30.2 Å². The van der Waals surface area contributed by atoms with Crippen molar-refractivity contribution in [1.82, 2.24) is 10.2 Å². The van der Waals surface area contributed by atoms with E-state index >= 15 is 0 Å². The van der Waals surface area contributed by atoms with Crippen LogP contribution in [0.5, 0.6) is 5.75 Å². The first kappa shape index (κ1) is 31.3. The van der Waals surface area contributed by atoms with Gasteiger partial charge in [0.2, 0.25) is 21.8 Å². The lowest BCUT2D eigenvalue weighted by atomic mass is 9.95. The van der Waals surface area contributed by atoms with Gasteiger partial charge in [0.15, 0.2) is 0 Å². The molecule has 0 aromatic heterocycles. The maximum absolute atomic E-state index is 13.9. The zero-order valence-electron chi connectivity index (χ0n) is 22.3. The van der Waals surface area contributed by atoms with Crippen LogP contribution in [0, 0.1) is 0 Å². The Balaban J connectivity index is 1.97. The molecule has 0 unspecified atom stereocenters. The summed E-state index contributed by atoms with van der Waals surface area (Å²) < 4.78 is 31.8. The van der Waals surface area contributed by atoms with Crippen molar-refractivity contribution in [3.8, 4) is 5.75 Å². The van der Waals surface area contributed by atoms with E-state index in [1.54, 1.807) is 25.1 Å². The van der Waals surface area contributed by atoms with Gasteiger partial charge in [-0.1, -0.05) is 67.1 Å². The smallest absolute Gasteiger partial charge is 0.244 e. The van der Waals surface area contributed by atoms with Crippen LogP contribution in [-0.4, -0.2) is 57.1 Å². The number of nitrogens with one attached hydrogen (secondary N) is 1. The number of ether oxygens (including phenoxy) is 1. The quantitative estimate of drug-likeness (QED) is 0.350. The van der Waals surface area contributed by atoms with Crippen molar-refractivity contribution < 1.29 is 22.7 Å². The predicted octanol–water partition coefficient (Wildman–Crippen LogP) is 5.68. The van der Waals surface area contributed by atoms with Crippen LogP contribution in [0.1, 0.15) is 51.0 Å². The summed E-state index contributed by atoms with van der Waals surface area (Å²) in [6.45, 7) is 1.17. The van der Waals surface area contributed by atoms with Gasteiger partial charge in [-0.2, -0.15) is 0 Å². The van der Waals surface area contributed by atoms with Gasteiger partial charge in [-0.15, -0.1) is 0 Å². The number of methoxy groups -OCH3 is 1. The normalized spacial score (nSPS) is 14.9.